The molecule has 0 atom stereocenters. The first-order valence-corrected chi connectivity index (χ1v) is 4.47. The lowest BCUT2D eigenvalue weighted by atomic mass is 10.2. The summed E-state index contributed by atoms with van der Waals surface area (Å²) in [5, 5.41) is 0.437. The van der Waals surface area contributed by atoms with Crippen LogP contribution in [0, 0.1) is 0 Å². The molecule has 0 spiro atoms. The minimum atomic E-state index is -0.930. The lowest BCUT2D eigenvalue weighted by Crippen LogP contribution is -2.29. The fraction of sp³-hybridized carbons (Fsp3) is 0.182. The first-order valence-electron chi connectivity index (χ1n) is 4.47. The van der Waals surface area contributed by atoms with Crippen LogP contribution < -0.4 is 21.2 Å². The van der Waals surface area contributed by atoms with E-state index in [2.05, 4.69) is 0 Å². The van der Waals surface area contributed by atoms with Crippen molar-refractivity contribution < 1.29 is 0 Å². The van der Waals surface area contributed by atoms with Gasteiger partial charge in [-0.1, -0.05) is 0 Å². The van der Waals surface area contributed by atoms with Gasteiger partial charge in [0, 0.05) is 30.6 Å². The van der Waals surface area contributed by atoms with Crippen LogP contribution in [0.3, 0.4) is 0 Å². The second-order valence-corrected chi connectivity index (χ2v) is 3.61. The molecule has 0 heterocycles. The number of anilines is 1. The standard InChI is InChI=1S/C11H9NO3/c1-12(2)6-3-4-7-8(5-6)10(14)11(15)9(7)13/h3-5H,1-2H3. The van der Waals surface area contributed by atoms with Gasteiger partial charge in [-0.3, -0.25) is 14.4 Å². The van der Waals surface area contributed by atoms with Crippen LogP contribution >= 0.6 is 0 Å². The van der Waals surface area contributed by atoms with E-state index in [9.17, 15) is 14.4 Å². The summed E-state index contributed by atoms with van der Waals surface area (Å²) in [5.41, 5.74) is -1.52. The molecule has 2 aromatic carbocycles. The molecule has 0 N–H and O–H groups in total. The van der Waals surface area contributed by atoms with Gasteiger partial charge in [-0.25, -0.2) is 0 Å². The van der Waals surface area contributed by atoms with Crippen molar-refractivity contribution in [2.75, 3.05) is 19.0 Å². The van der Waals surface area contributed by atoms with Crippen molar-refractivity contribution in [1.82, 2.24) is 0 Å². The predicted octanol–water partition coefficient (Wildman–Crippen LogP) is -0.138. The molecule has 0 saturated carbocycles. The molecule has 4 heteroatoms. The molecule has 76 valence electrons. The maximum atomic E-state index is 11.4. The summed E-state index contributed by atoms with van der Waals surface area (Å²) in [6.07, 6.45) is 0. The van der Waals surface area contributed by atoms with Crippen molar-refractivity contribution in [2.24, 2.45) is 0 Å². The second-order valence-electron chi connectivity index (χ2n) is 3.61. The average Bonchev–Trinajstić information content (AvgIpc) is 2.44. The van der Waals surface area contributed by atoms with Crippen LogP contribution in [0.2, 0.25) is 0 Å². The zero-order valence-electron chi connectivity index (χ0n) is 8.40. The Kier molecular flexibility index (Phi) is 1.93. The molecule has 0 unspecified atom stereocenters. The first kappa shape index (κ1) is 9.58. The molecular formula is C11H9NO3. The Balaban J connectivity index is 2.96. The highest BCUT2D eigenvalue weighted by molar-refractivity contribution is 5.86. The van der Waals surface area contributed by atoms with Gasteiger partial charge in [0.1, 0.15) is 0 Å². The van der Waals surface area contributed by atoms with Crippen LogP contribution in [0.25, 0.3) is 10.8 Å². The molecule has 0 aliphatic carbocycles. The molecule has 0 aliphatic heterocycles. The molecule has 0 amide bonds. The Morgan fingerprint density at radius 3 is 2.07 bits per heavy atom. The minimum Gasteiger partial charge on any atom is -0.378 e. The van der Waals surface area contributed by atoms with Crippen molar-refractivity contribution >= 4 is 16.5 Å². The summed E-state index contributed by atoms with van der Waals surface area (Å²) in [6.45, 7) is 0. The summed E-state index contributed by atoms with van der Waals surface area (Å²) in [7, 11) is 3.65. The summed E-state index contributed by atoms with van der Waals surface area (Å²) < 4.78 is 0. The van der Waals surface area contributed by atoms with Crippen molar-refractivity contribution in [3.63, 3.8) is 0 Å². The third-order valence-electron chi connectivity index (χ3n) is 2.42. The zero-order valence-corrected chi connectivity index (χ0v) is 8.40. The molecular weight excluding hydrogens is 194 g/mol. The predicted molar refractivity (Wildman–Crippen MR) is 59.5 cm³/mol. The van der Waals surface area contributed by atoms with Gasteiger partial charge in [-0.2, -0.15) is 0 Å². The topological polar surface area (TPSA) is 54.5 Å². The summed E-state index contributed by atoms with van der Waals surface area (Å²) in [4.78, 5) is 35.6. The molecule has 0 aliphatic rings. The van der Waals surface area contributed by atoms with Crippen molar-refractivity contribution in [3.8, 4) is 0 Å². The van der Waals surface area contributed by atoms with Crippen molar-refractivity contribution in [2.45, 2.75) is 0 Å². The third-order valence-corrected chi connectivity index (χ3v) is 2.42. The molecule has 0 saturated heterocycles. The van der Waals surface area contributed by atoms with E-state index in [0.29, 0.717) is 0 Å². The quantitative estimate of drug-likeness (QED) is 0.605. The molecule has 0 fully saturated rings. The van der Waals surface area contributed by atoms with Gasteiger partial charge in [0.05, 0.1) is 0 Å². The molecule has 0 bridgehead atoms. The van der Waals surface area contributed by atoms with E-state index in [0.717, 1.165) is 5.69 Å². The van der Waals surface area contributed by atoms with E-state index in [1.807, 2.05) is 14.1 Å². The Morgan fingerprint density at radius 2 is 1.47 bits per heavy atom. The zero-order chi connectivity index (χ0) is 11.2. The number of rotatable bonds is 1. The summed E-state index contributed by atoms with van der Waals surface area (Å²) in [5.74, 6) is 0. The Labute approximate surface area is 85.1 Å². The molecule has 2 rings (SSSR count). The summed E-state index contributed by atoms with van der Waals surface area (Å²) >= 11 is 0. The fourth-order valence-corrected chi connectivity index (χ4v) is 1.54. The van der Waals surface area contributed by atoms with Gasteiger partial charge in [0.15, 0.2) is 0 Å². The van der Waals surface area contributed by atoms with Crippen molar-refractivity contribution in [1.29, 1.82) is 0 Å². The van der Waals surface area contributed by atoms with E-state index >= 15 is 0 Å². The highest BCUT2D eigenvalue weighted by Gasteiger charge is 2.12. The van der Waals surface area contributed by atoms with Gasteiger partial charge < -0.3 is 4.90 Å². The van der Waals surface area contributed by atoms with E-state index < -0.39 is 16.3 Å². The number of nitrogens with zero attached hydrogens (tertiary/aromatic N) is 1. The van der Waals surface area contributed by atoms with Crippen LogP contribution in [0.4, 0.5) is 5.69 Å². The Hall–Kier alpha value is -1.97. The lowest BCUT2D eigenvalue weighted by molar-refractivity contribution is 1.14. The molecule has 2 aromatic rings. The highest BCUT2D eigenvalue weighted by atomic mass is 16.2. The van der Waals surface area contributed by atoms with E-state index in [4.69, 9.17) is 0 Å². The van der Waals surface area contributed by atoms with E-state index in [1.54, 1.807) is 17.0 Å². The van der Waals surface area contributed by atoms with Crippen LogP contribution in [-0.2, 0) is 0 Å². The molecule has 0 radical (unpaired) electrons. The van der Waals surface area contributed by atoms with Crippen LogP contribution in [-0.4, -0.2) is 14.1 Å². The SMILES string of the molecule is CN(C)c1ccc2c(=O)c(=O)c(=O)c2c1. The van der Waals surface area contributed by atoms with E-state index in [1.165, 1.54) is 6.07 Å². The lowest BCUT2D eigenvalue weighted by Gasteiger charge is -2.11. The highest BCUT2D eigenvalue weighted by Crippen LogP contribution is 2.15. The monoisotopic (exact) mass is 203 g/mol. The fourth-order valence-electron chi connectivity index (χ4n) is 1.54. The molecule has 0 aromatic heterocycles. The second kappa shape index (κ2) is 3.02. The smallest absolute Gasteiger partial charge is 0.273 e. The van der Waals surface area contributed by atoms with Crippen molar-refractivity contribution in [3.05, 3.63) is 48.9 Å². The number of hydrogen-bond donors (Lipinski definition) is 0. The van der Waals surface area contributed by atoms with Crippen LogP contribution in [0.1, 0.15) is 0 Å². The largest absolute Gasteiger partial charge is 0.378 e. The van der Waals surface area contributed by atoms with Gasteiger partial charge in [0.2, 0.25) is 10.9 Å². The average molecular weight is 203 g/mol. The number of hydrogen-bond acceptors (Lipinski definition) is 4. The Morgan fingerprint density at radius 1 is 0.867 bits per heavy atom. The number of fused-ring (bicyclic) bond motifs is 1. The van der Waals surface area contributed by atoms with Crippen LogP contribution in [0.5, 0.6) is 0 Å². The maximum Gasteiger partial charge on any atom is 0.273 e. The number of benzene rings is 1. The normalized spacial score (nSPS) is 10.8. The van der Waals surface area contributed by atoms with Gasteiger partial charge in [0.25, 0.3) is 5.43 Å². The summed E-state index contributed by atoms with van der Waals surface area (Å²) in [6, 6.07) is 4.80. The van der Waals surface area contributed by atoms with Crippen LogP contribution in [0.15, 0.2) is 32.6 Å². The van der Waals surface area contributed by atoms with Gasteiger partial charge in [-0.05, 0) is 18.2 Å². The maximum absolute atomic E-state index is 11.4. The van der Waals surface area contributed by atoms with Gasteiger partial charge in [-0.15, -0.1) is 0 Å². The third kappa shape index (κ3) is 1.26. The Bertz CT molecular complexity index is 663. The minimum absolute atomic E-state index is 0.218. The van der Waals surface area contributed by atoms with E-state index in [-0.39, 0.29) is 10.8 Å². The first-order chi connectivity index (χ1) is 7.02. The van der Waals surface area contributed by atoms with Gasteiger partial charge >= 0.3 is 0 Å². The molecule has 4 nitrogen and oxygen atoms in total. The molecule has 15 heavy (non-hydrogen) atoms.